The predicted octanol–water partition coefficient (Wildman–Crippen LogP) is 3.79. The molecular formula is C16H8BrCl2F2N3O3. The fraction of sp³-hybridized carbons (Fsp3) is 0.0625. The lowest BCUT2D eigenvalue weighted by molar-refractivity contribution is -0.605. The first-order chi connectivity index (χ1) is 12.8. The van der Waals surface area contributed by atoms with Gasteiger partial charge in [0.2, 0.25) is 12.4 Å². The van der Waals surface area contributed by atoms with Crippen LogP contribution in [0.2, 0.25) is 10.0 Å². The number of hydrogen-bond acceptors (Lipinski definition) is 4. The van der Waals surface area contributed by atoms with E-state index < -0.39 is 17.2 Å². The molecule has 3 rings (SSSR count). The van der Waals surface area contributed by atoms with Crippen LogP contribution in [0.25, 0.3) is 5.69 Å². The molecule has 0 amide bonds. The number of ether oxygens (including phenoxy) is 1. The molecule has 0 saturated heterocycles. The first kappa shape index (κ1) is 19.5. The Morgan fingerprint density at radius 2 is 1.93 bits per heavy atom. The Labute approximate surface area is 169 Å². The quantitative estimate of drug-likeness (QED) is 0.422. The van der Waals surface area contributed by atoms with E-state index in [1.165, 1.54) is 12.3 Å². The summed E-state index contributed by atoms with van der Waals surface area (Å²) in [6.07, 6.45) is 3.23. The third-order valence-electron chi connectivity index (χ3n) is 3.43. The highest BCUT2D eigenvalue weighted by molar-refractivity contribution is 9.10. The zero-order valence-electron chi connectivity index (χ0n) is 13.1. The van der Waals surface area contributed by atoms with Crippen LogP contribution in [0.3, 0.4) is 0 Å². The Morgan fingerprint density at radius 3 is 2.56 bits per heavy atom. The molecule has 2 heterocycles. The molecule has 27 heavy (non-hydrogen) atoms. The van der Waals surface area contributed by atoms with Crippen LogP contribution in [0.1, 0.15) is 5.56 Å². The van der Waals surface area contributed by atoms with Crippen LogP contribution in [-0.4, -0.2) is 9.78 Å². The van der Waals surface area contributed by atoms with Gasteiger partial charge in [-0.3, -0.25) is 4.79 Å². The third-order valence-corrected chi connectivity index (χ3v) is 4.71. The molecule has 0 aliphatic heterocycles. The maximum absolute atomic E-state index is 13.7. The van der Waals surface area contributed by atoms with E-state index in [0.29, 0.717) is 4.73 Å². The van der Waals surface area contributed by atoms with E-state index in [9.17, 15) is 18.8 Å². The SMILES string of the molecule is O=c1c(Br)c(OCc2ccc(F)cc2F)cnn1-c1c(Cl)c[n+]([O-])cc1Cl. The zero-order valence-corrected chi connectivity index (χ0v) is 16.2. The van der Waals surface area contributed by atoms with Crippen LogP contribution in [-0.2, 0) is 6.61 Å². The lowest BCUT2D eigenvalue weighted by Crippen LogP contribution is -2.28. The third kappa shape index (κ3) is 4.05. The van der Waals surface area contributed by atoms with Crippen molar-refractivity contribution in [3.8, 4) is 11.4 Å². The van der Waals surface area contributed by atoms with Crippen molar-refractivity contribution in [3.05, 3.63) is 84.1 Å². The minimum atomic E-state index is -0.777. The summed E-state index contributed by atoms with van der Waals surface area (Å²) in [5.41, 5.74) is -0.548. The van der Waals surface area contributed by atoms with Gasteiger partial charge in [0.1, 0.15) is 38.4 Å². The molecule has 140 valence electrons. The molecule has 0 aliphatic rings. The maximum atomic E-state index is 13.7. The normalized spacial score (nSPS) is 10.9. The number of benzene rings is 1. The van der Waals surface area contributed by atoms with Crippen molar-refractivity contribution in [3.63, 3.8) is 0 Å². The number of rotatable bonds is 4. The molecule has 0 N–H and O–H groups in total. The van der Waals surface area contributed by atoms with Gasteiger partial charge in [-0.1, -0.05) is 23.2 Å². The van der Waals surface area contributed by atoms with Crippen molar-refractivity contribution in [2.75, 3.05) is 0 Å². The van der Waals surface area contributed by atoms with Gasteiger partial charge in [-0.15, -0.1) is 0 Å². The lowest BCUT2D eigenvalue weighted by atomic mass is 10.2. The fourth-order valence-electron chi connectivity index (χ4n) is 2.17. The zero-order chi connectivity index (χ0) is 19.7. The van der Waals surface area contributed by atoms with E-state index >= 15 is 0 Å². The van der Waals surface area contributed by atoms with Gasteiger partial charge in [0.25, 0.3) is 5.56 Å². The molecule has 1 aromatic carbocycles. The summed E-state index contributed by atoms with van der Waals surface area (Å²) in [7, 11) is 0. The maximum Gasteiger partial charge on any atom is 0.289 e. The number of hydrogen-bond donors (Lipinski definition) is 0. The van der Waals surface area contributed by atoms with E-state index in [0.717, 1.165) is 29.2 Å². The van der Waals surface area contributed by atoms with Gasteiger partial charge in [-0.25, -0.2) is 8.78 Å². The highest BCUT2D eigenvalue weighted by Gasteiger charge is 2.19. The second-order valence-electron chi connectivity index (χ2n) is 5.23. The average Bonchev–Trinajstić information content (AvgIpc) is 2.58. The van der Waals surface area contributed by atoms with Gasteiger partial charge in [-0.05, 0) is 28.1 Å². The molecule has 0 unspecified atom stereocenters. The van der Waals surface area contributed by atoms with Crippen LogP contribution < -0.4 is 15.0 Å². The highest BCUT2D eigenvalue weighted by Crippen LogP contribution is 2.27. The molecule has 0 bridgehead atoms. The summed E-state index contributed by atoms with van der Waals surface area (Å²) in [6.45, 7) is -0.251. The van der Waals surface area contributed by atoms with Gasteiger partial charge < -0.3 is 9.94 Å². The Hall–Kier alpha value is -2.23. The highest BCUT2D eigenvalue weighted by atomic mass is 79.9. The van der Waals surface area contributed by atoms with E-state index in [1.54, 1.807) is 0 Å². The van der Waals surface area contributed by atoms with E-state index in [1.807, 2.05) is 0 Å². The van der Waals surface area contributed by atoms with Crippen LogP contribution >= 0.6 is 39.1 Å². The Balaban J connectivity index is 1.93. The second kappa shape index (κ2) is 7.79. The van der Waals surface area contributed by atoms with Crippen LogP contribution in [0, 0.1) is 16.8 Å². The molecule has 0 saturated carbocycles. The number of pyridine rings is 1. The molecule has 0 radical (unpaired) electrons. The summed E-state index contributed by atoms with van der Waals surface area (Å²) in [5.74, 6) is -1.46. The molecule has 0 atom stereocenters. The van der Waals surface area contributed by atoms with Crippen molar-refractivity contribution in [1.82, 2.24) is 9.78 Å². The molecule has 0 spiro atoms. The molecular weight excluding hydrogens is 471 g/mol. The first-order valence-corrected chi connectivity index (χ1v) is 8.75. The molecule has 2 aromatic heterocycles. The standard InChI is InChI=1S/C16H8BrCl2F2N3O3/c17-14-13(27-7-8-1-2-9(20)3-12(8)21)4-22-24(16(14)25)15-10(18)5-23(26)6-11(15)19/h1-6H,7H2. The number of halogens is 5. The summed E-state index contributed by atoms with van der Waals surface area (Å²) in [5, 5.41) is 15.1. The molecule has 3 aromatic rings. The summed E-state index contributed by atoms with van der Waals surface area (Å²) in [6, 6.07) is 3.05. The monoisotopic (exact) mass is 477 g/mol. The smallest absolute Gasteiger partial charge is 0.289 e. The first-order valence-electron chi connectivity index (χ1n) is 7.20. The van der Waals surface area contributed by atoms with E-state index in [-0.39, 0.29) is 38.1 Å². The number of aromatic nitrogens is 3. The van der Waals surface area contributed by atoms with Gasteiger partial charge in [0, 0.05) is 11.6 Å². The molecule has 11 heteroatoms. The van der Waals surface area contributed by atoms with Crippen molar-refractivity contribution < 1.29 is 18.2 Å². The fourth-order valence-corrected chi connectivity index (χ4v) is 3.16. The summed E-state index contributed by atoms with van der Waals surface area (Å²) < 4.78 is 33.3. The largest absolute Gasteiger partial charge is 0.619 e. The minimum absolute atomic E-state index is 0.0206. The van der Waals surface area contributed by atoms with Gasteiger partial charge in [0.05, 0.1) is 6.20 Å². The number of nitrogens with zero attached hydrogens (tertiary/aromatic N) is 3. The molecule has 0 aliphatic carbocycles. The second-order valence-corrected chi connectivity index (χ2v) is 6.83. The lowest BCUT2D eigenvalue weighted by Gasteiger charge is -2.12. The Bertz CT molecular complexity index is 1070. The van der Waals surface area contributed by atoms with E-state index in [4.69, 9.17) is 27.9 Å². The topological polar surface area (TPSA) is 71.1 Å². The van der Waals surface area contributed by atoms with Crippen LogP contribution in [0.5, 0.6) is 5.75 Å². The van der Waals surface area contributed by atoms with Crippen molar-refractivity contribution in [1.29, 1.82) is 0 Å². The summed E-state index contributed by atoms with van der Waals surface area (Å²) in [4.78, 5) is 12.6. The van der Waals surface area contributed by atoms with Gasteiger partial charge >= 0.3 is 0 Å². The van der Waals surface area contributed by atoms with Crippen molar-refractivity contribution >= 4 is 39.1 Å². The van der Waals surface area contributed by atoms with Crippen LogP contribution in [0.15, 0.2) is 46.1 Å². The van der Waals surface area contributed by atoms with Crippen molar-refractivity contribution in [2.24, 2.45) is 0 Å². The van der Waals surface area contributed by atoms with Gasteiger partial charge in [-0.2, -0.15) is 14.5 Å². The molecule has 0 fully saturated rings. The Morgan fingerprint density at radius 1 is 1.26 bits per heavy atom. The average molecular weight is 479 g/mol. The molecule has 6 nitrogen and oxygen atoms in total. The van der Waals surface area contributed by atoms with E-state index in [2.05, 4.69) is 21.0 Å². The minimum Gasteiger partial charge on any atom is -0.619 e. The summed E-state index contributed by atoms with van der Waals surface area (Å²) >= 11 is 15.1. The van der Waals surface area contributed by atoms with Gasteiger partial charge in [0.15, 0.2) is 5.75 Å². The Kier molecular flexibility index (Phi) is 5.64. The van der Waals surface area contributed by atoms with Crippen molar-refractivity contribution in [2.45, 2.75) is 6.61 Å². The van der Waals surface area contributed by atoms with Crippen LogP contribution in [0.4, 0.5) is 8.78 Å². The predicted molar refractivity (Wildman–Crippen MR) is 97.2 cm³/mol.